The maximum atomic E-state index is 8.58. The lowest BCUT2D eigenvalue weighted by Gasteiger charge is -2.06. The molecule has 1 unspecified atom stereocenters. The van der Waals surface area contributed by atoms with Crippen molar-refractivity contribution in [2.24, 2.45) is 11.7 Å². The van der Waals surface area contributed by atoms with E-state index in [0.29, 0.717) is 5.70 Å². The van der Waals surface area contributed by atoms with Crippen LogP contribution >= 0.6 is 0 Å². The van der Waals surface area contributed by atoms with Gasteiger partial charge in [0.05, 0.1) is 6.61 Å². The lowest BCUT2D eigenvalue weighted by atomic mass is 10.1. The van der Waals surface area contributed by atoms with Crippen molar-refractivity contribution in [3.8, 4) is 0 Å². The van der Waals surface area contributed by atoms with Gasteiger partial charge >= 0.3 is 0 Å². The van der Waals surface area contributed by atoms with Crippen LogP contribution in [0.5, 0.6) is 0 Å². The maximum Gasteiger partial charge on any atom is 0.0511 e. The van der Waals surface area contributed by atoms with Crippen LogP contribution in [-0.2, 0) is 0 Å². The van der Waals surface area contributed by atoms with E-state index in [1.54, 1.807) is 13.2 Å². The second-order valence-electron chi connectivity index (χ2n) is 2.02. The zero-order chi connectivity index (χ0) is 7.28. The molecule has 0 aromatic rings. The highest BCUT2D eigenvalue weighted by Gasteiger charge is 2.00. The predicted molar refractivity (Wildman–Crippen MR) is 42.6 cm³/mol. The van der Waals surface area contributed by atoms with Crippen molar-refractivity contribution < 1.29 is 5.11 Å². The minimum atomic E-state index is 0. The Hall–Kier alpha value is -0.740. The van der Waals surface area contributed by atoms with Crippen LogP contribution in [0.1, 0.15) is 6.92 Å². The number of aliphatic hydroxyl groups excluding tert-OH is 1. The van der Waals surface area contributed by atoms with Crippen LogP contribution in [-0.4, -0.2) is 18.8 Å². The van der Waals surface area contributed by atoms with Crippen LogP contribution in [0.2, 0.25) is 0 Å². The van der Waals surface area contributed by atoms with Gasteiger partial charge in [-0.05, 0) is 0 Å². The molecule has 62 valence electrons. The Kier molecular flexibility index (Phi) is 7.65. The molecule has 1 atom stereocenters. The van der Waals surface area contributed by atoms with E-state index in [9.17, 15) is 0 Å². The number of hydrogen-bond acceptors (Lipinski definition) is 4. The highest BCUT2D eigenvalue weighted by Crippen LogP contribution is 1.99. The third-order valence-electron chi connectivity index (χ3n) is 1.15. The SMILES string of the molecule is CN/C=C(\N)C(C)CO.N. The number of nitrogens with two attached hydrogens (primary N) is 1. The molecule has 0 fully saturated rings. The second kappa shape index (κ2) is 6.38. The van der Waals surface area contributed by atoms with Gasteiger partial charge in [0.1, 0.15) is 0 Å². The molecule has 0 aliphatic rings. The summed E-state index contributed by atoms with van der Waals surface area (Å²) in [6, 6.07) is 0. The summed E-state index contributed by atoms with van der Waals surface area (Å²) in [5.41, 5.74) is 6.16. The second-order valence-corrected chi connectivity index (χ2v) is 2.02. The largest absolute Gasteiger partial charge is 0.401 e. The summed E-state index contributed by atoms with van der Waals surface area (Å²) in [4.78, 5) is 0. The molecule has 0 bridgehead atoms. The van der Waals surface area contributed by atoms with Crippen molar-refractivity contribution in [3.05, 3.63) is 11.9 Å². The molecule has 0 spiro atoms. The monoisotopic (exact) mass is 147 g/mol. The van der Waals surface area contributed by atoms with Gasteiger partial charge in [-0.3, -0.25) is 0 Å². The highest BCUT2D eigenvalue weighted by molar-refractivity contribution is 4.98. The molecule has 0 heterocycles. The first kappa shape index (κ1) is 12.0. The number of hydrogen-bond donors (Lipinski definition) is 4. The molecule has 0 aliphatic heterocycles. The third-order valence-corrected chi connectivity index (χ3v) is 1.15. The molecule has 0 amide bonds. The van der Waals surface area contributed by atoms with E-state index < -0.39 is 0 Å². The fourth-order valence-electron chi connectivity index (χ4n) is 0.414. The fourth-order valence-corrected chi connectivity index (χ4v) is 0.414. The highest BCUT2D eigenvalue weighted by atomic mass is 16.3. The summed E-state index contributed by atoms with van der Waals surface area (Å²) in [6.45, 7) is 1.97. The number of nitrogens with one attached hydrogen (secondary N) is 1. The Morgan fingerprint density at radius 1 is 1.80 bits per heavy atom. The minimum absolute atomic E-state index is 0. The topological polar surface area (TPSA) is 93.3 Å². The van der Waals surface area contributed by atoms with Gasteiger partial charge in [-0.15, -0.1) is 0 Å². The summed E-state index contributed by atoms with van der Waals surface area (Å²) in [5, 5.41) is 11.4. The van der Waals surface area contributed by atoms with Gasteiger partial charge in [-0.25, -0.2) is 0 Å². The standard InChI is InChI=1S/C6H14N2O.H3N/c1-5(4-9)6(7)3-8-2;/h3,5,8-9H,4,7H2,1-2H3;1H3/b6-3-;. The van der Waals surface area contributed by atoms with Gasteiger partial charge in [0.25, 0.3) is 0 Å². The van der Waals surface area contributed by atoms with Gasteiger partial charge < -0.3 is 22.3 Å². The van der Waals surface area contributed by atoms with Crippen molar-refractivity contribution in [2.45, 2.75) is 6.92 Å². The molecule has 0 saturated carbocycles. The first-order valence-corrected chi connectivity index (χ1v) is 2.96. The van der Waals surface area contributed by atoms with E-state index in [0.717, 1.165) is 0 Å². The van der Waals surface area contributed by atoms with Crippen LogP contribution in [0.15, 0.2) is 11.9 Å². The molecule has 0 radical (unpaired) electrons. The third kappa shape index (κ3) is 4.17. The van der Waals surface area contributed by atoms with Crippen LogP contribution in [0.3, 0.4) is 0 Å². The molecule has 0 aromatic carbocycles. The summed E-state index contributed by atoms with van der Waals surface area (Å²) >= 11 is 0. The van der Waals surface area contributed by atoms with E-state index in [2.05, 4.69) is 5.32 Å². The van der Waals surface area contributed by atoms with Crippen molar-refractivity contribution in [1.82, 2.24) is 11.5 Å². The quantitative estimate of drug-likeness (QED) is 0.444. The number of aliphatic hydroxyl groups is 1. The van der Waals surface area contributed by atoms with Gasteiger partial charge in [-0.1, -0.05) is 6.92 Å². The molecular weight excluding hydrogens is 130 g/mol. The molecule has 0 rings (SSSR count). The average Bonchev–Trinajstić information content (AvgIpc) is 1.87. The van der Waals surface area contributed by atoms with E-state index in [1.807, 2.05) is 6.92 Å². The Morgan fingerprint density at radius 2 is 2.30 bits per heavy atom. The van der Waals surface area contributed by atoms with Crippen LogP contribution in [0, 0.1) is 5.92 Å². The Bertz CT molecular complexity index is 103. The molecular formula is C6H17N3O. The summed E-state index contributed by atoms with van der Waals surface area (Å²) < 4.78 is 0. The maximum absolute atomic E-state index is 8.58. The Balaban J connectivity index is 0. The van der Waals surface area contributed by atoms with Gasteiger partial charge in [0.2, 0.25) is 0 Å². The molecule has 0 saturated heterocycles. The van der Waals surface area contributed by atoms with E-state index in [-0.39, 0.29) is 18.7 Å². The zero-order valence-corrected chi connectivity index (χ0v) is 6.59. The smallest absolute Gasteiger partial charge is 0.0511 e. The zero-order valence-electron chi connectivity index (χ0n) is 6.59. The van der Waals surface area contributed by atoms with Crippen LogP contribution in [0.4, 0.5) is 0 Å². The van der Waals surface area contributed by atoms with Crippen molar-refractivity contribution in [3.63, 3.8) is 0 Å². The number of rotatable bonds is 3. The molecule has 4 nitrogen and oxygen atoms in total. The van der Waals surface area contributed by atoms with Gasteiger partial charge in [0.15, 0.2) is 0 Å². The van der Waals surface area contributed by atoms with Crippen LogP contribution < -0.4 is 17.2 Å². The van der Waals surface area contributed by atoms with E-state index in [4.69, 9.17) is 10.8 Å². The van der Waals surface area contributed by atoms with Gasteiger partial charge in [-0.2, -0.15) is 0 Å². The summed E-state index contributed by atoms with van der Waals surface area (Å²) in [6.07, 6.45) is 1.68. The van der Waals surface area contributed by atoms with E-state index in [1.165, 1.54) is 0 Å². The molecule has 0 aliphatic carbocycles. The Morgan fingerprint density at radius 3 is 2.60 bits per heavy atom. The molecule has 0 aromatic heterocycles. The summed E-state index contributed by atoms with van der Waals surface area (Å²) in [5.74, 6) is 0.0532. The van der Waals surface area contributed by atoms with Crippen molar-refractivity contribution in [1.29, 1.82) is 0 Å². The molecule has 10 heavy (non-hydrogen) atoms. The molecule has 4 heteroatoms. The Labute approximate surface area is 61.7 Å². The first-order chi connectivity index (χ1) is 4.22. The summed E-state index contributed by atoms with van der Waals surface area (Å²) in [7, 11) is 1.77. The van der Waals surface area contributed by atoms with Crippen molar-refractivity contribution in [2.75, 3.05) is 13.7 Å². The van der Waals surface area contributed by atoms with Gasteiger partial charge in [0, 0.05) is 24.9 Å². The first-order valence-electron chi connectivity index (χ1n) is 2.96. The fraction of sp³-hybridized carbons (Fsp3) is 0.667. The normalized spacial score (nSPS) is 13.7. The van der Waals surface area contributed by atoms with Crippen LogP contribution in [0.25, 0.3) is 0 Å². The van der Waals surface area contributed by atoms with E-state index >= 15 is 0 Å². The average molecular weight is 147 g/mol. The minimum Gasteiger partial charge on any atom is -0.401 e. The predicted octanol–water partition coefficient (Wildman–Crippen LogP) is -0.204. The lowest BCUT2D eigenvalue weighted by molar-refractivity contribution is 0.255. The van der Waals surface area contributed by atoms with Crippen molar-refractivity contribution >= 4 is 0 Å². The molecule has 7 N–H and O–H groups in total. The lowest BCUT2D eigenvalue weighted by Crippen LogP contribution is -2.15.